The van der Waals surface area contributed by atoms with E-state index in [0.29, 0.717) is 27.3 Å². The zero-order chi connectivity index (χ0) is 20.6. The molecule has 1 aromatic heterocycles. The fraction of sp³-hybridized carbons (Fsp3) is 0.300. The summed E-state index contributed by atoms with van der Waals surface area (Å²) in [7, 11) is 1.62. The number of rotatable bonds is 9. The number of anilines is 1. The number of unbranched alkanes of at least 4 members (excludes halogenated alkanes) is 2. The molecule has 0 spiro atoms. The number of methoxy groups -OCH3 is 1. The summed E-state index contributed by atoms with van der Waals surface area (Å²) in [6.07, 6.45) is 6.35. The fourth-order valence-electron chi connectivity index (χ4n) is 2.74. The number of nitrogens with one attached hydrogen (secondary N) is 1. The minimum absolute atomic E-state index is 0.0343. The zero-order valence-electron chi connectivity index (χ0n) is 15.9. The number of thiocarbonyl (C=S) groups is 1. The molecule has 2 heterocycles. The van der Waals surface area contributed by atoms with Gasteiger partial charge in [-0.25, -0.2) is 4.98 Å². The molecule has 29 heavy (non-hydrogen) atoms. The van der Waals surface area contributed by atoms with Crippen LogP contribution in [0, 0.1) is 0 Å². The van der Waals surface area contributed by atoms with Gasteiger partial charge in [-0.15, -0.1) is 11.3 Å². The van der Waals surface area contributed by atoms with Crippen molar-refractivity contribution in [2.75, 3.05) is 19.0 Å². The molecule has 1 aliphatic heterocycles. The van der Waals surface area contributed by atoms with Crippen LogP contribution in [0.15, 0.2) is 40.7 Å². The van der Waals surface area contributed by atoms with Gasteiger partial charge >= 0.3 is 0 Å². The molecule has 152 valence electrons. The summed E-state index contributed by atoms with van der Waals surface area (Å²) in [5, 5.41) is 5.21. The number of thiazole rings is 1. The van der Waals surface area contributed by atoms with Gasteiger partial charge < -0.3 is 10.1 Å². The Kier molecular flexibility index (Phi) is 7.79. The first-order chi connectivity index (χ1) is 14.1. The highest BCUT2D eigenvalue weighted by Gasteiger charge is 2.31. The van der Waals surface area contributed by atoms with Gasteiger partial charge in [-0.2, -0.15) is 0 Å². The Morgan fingerprint density at radius 2 is 2.07 bits per heavy atom. The van der Waals surface area contributed by atoms with Crippen LogP contribution in [0.5, 0.6) is 5.75 Å². The van der Waals surface area contributed by atoms with Crippen LogP contribution < -0.4 is 10.1 Å². The zero-order valence-corrected chi connectivity index (χ0v) is 18.4. The molecule has 0 radical (unpaired) electrons. The van der Waals surface area contributed by atoms with Gasteiger partial charge in [0.1, 0.15) is 10.1 Å². The quantitative estimate of drug-likeness (QED) is 0.345. The second kappa shape index (κ2) is 10.5. The molecule has 6 nitrogen and oxygen atoms in total. The lowest BCUT2D eigenvalue weighted by Gasteiger charge is -2.14. The second-order valence-electron chi connectivity index (χ2n) is 6.30. The first kappa shape index (κ1) is 21.5. The lowest BCUT2D eigenvalue weighted by Crippen LogP contribution is -2.29. The molecular formula is C20H21N3O3S3. The van der Waals surface area contributed by atoms with Gasteiger partial charge in [-0.05, 0) is 36.6 Å². The van der Waals surface area contributed by atoms with Crippen molar-refractivity contribution in [3.63, 3.8) is 0 Å². The monoisotopic (exact) mass is 447 g/mol. The Balaban J connectivity index is 1.42. The number of carbonyl (C=O) groups excluding carboxylic acids is 2. The summed E-state index contributed by atoms with van der Waals surface area (Å²) < 4.78 is 5.73. The molecule has 0 aliphatic carbocycles. The van der Waals surface area contributed by atoms with Gasteiger partial charge in [0, 0.05) is 24.5 Å². The molecule has 0 saturated carbocycles. The van der Waals surface area contributed by atoms with E-state index in [2.05, 4.69) is 10.3 Å². The van der Waals surface area contributed by atoms with Crippen molar-refractivity contribution < 1.29 is 14.3 Å². The van der Waals surface area contributed by atoms with E-state index in [1.54, 1.807) is 18.2 Å². The Morgan fingerprint density at radius 3 is 2.76 bits per heavy atom. The van der Waals surface area contributed by atoms with E-state index in [1.807, 2.05) is 35.7 Å². The van der Waals surface area contributed by atoms with Crippen LogP contribution in [0.4, 0.5) is 5.13 Å². The Labute approximate surface area is 183 Å². The third-order valence-electron chi connectivity index (χ3n) is 4.25. The molecule has 2 aromatic rings. The van der Waals surface area contributed by atoms with Gasteiger partial charge in [0.25, 0.3) is 5.91 Å². The molecule has 1 saturated heterocycles. The highest BCUT2D eigenvalue weighted by molar-refractivity contribution is 8.26. The van der Waals surface area contributed by atoms with Crippen molar-refractivity contribution in [2.45, 2.75) is 25.7 Å². The number of benzene rings is 1. The Hall–Kier alpha value is -2.23. The van der Waals surface area contributed by atoms with E-state index < -0.39 is 0 Å². The SMILES string of the molecule is COc1ccc(C=C2SC(=S)N(CCCCCC(=O)Nc3nccs3)C2=O)cc1. The maximum Gasteiger partial charge on any atom is 0.266 e. The average molecular weight is 448 g/mol. The molecule has 1 fully saturated rings. The van der Waals surface area contributed by atoms with E-state index in [4.69, 9.17) is 17.0 Å². The van der Waals surface area contributed by atoms with Crippen molar-refractivity contribution in [1.82, 2.24) is 9.88 Å². The highest BCUT2D eigenvalue weighted by Crippen LogP contribution is 2.33. The highest BCUT2D eigenvalue weighted by atomic mass is 32.2. The number of hydrogen-bond acceptors (Lipinski definition) is 7. The average Bonchev–Trinajstić information content (AvgIpc) is 3.31. The van der Waals surface area contributed by atoms with Crippen molar-refractivity contribution in [3.8, 4) is 5.75 Å². The molecule has 1 aromatic carbocycles. The third-order valence-corrected chi connectivity index (χ3v) is 6.32. The van der Waals surface area contributed by atoms with Crippen LogP contribution in [0.2, 0.25) is 0 Å². The van der Waals surface area contributed by atoms with Gasteiger partial charge in [-0.3, -0.25) is 14.5 Å². The number of ether oxygens (including phenoxy) is 1. The maximum absolute atomic E-state index is 12.6. The summed E-state index contributed by atoms with van der Waals surface area (Å²) >= 11 is 8.10. The normalized spacial score (nSPS) is 15.2. The lowest BCUT2D eigenvalue weighted by molar-refractivity contribution is -0.122. The first-order valence-electron chi connectivity index (χ1n) is 9.15. The molecule has 3 rings (SSSR count). The number of amides is 2. The van der Waals surface area contributed by atoms with Gasteiger partial charge in [0.15, 0.2) is 5.13 Å². The van der Waals surface area contributed by atoms with Crippen LogP contribution in [-0.4, -0.2) is 39.7 Å². The van der Waals surface area contributed by atoms with Crippen LogP contribution in [0.25, 0.3) is 6.08 Å². The molecule has 1 aliphatic rings. The van der Waals surface area contributed by atoms with Gasteiger partial charge in [-0.1, -0.05) is 42.5 Å². The molecule has 9 heteroatoms. The number of aromatic nitrogens is 1. The first-order valence-corrected chi connectivity index (χ1v) is 11.3. The van der Waals surface area contributed by atoms with E-state index >= 15 is 0 Å². The van der Waals surface area contributed by atoms with Crippen LogP contribution >= 0.6 is 35.3 Å². The third kappa shape index (κ3) is 6.12. The van der Waals surface area contributed by atoms with Crippen molar-refractivity contribution >= 4 is 62.7 Å². The van der Waals surface area contributed by atoms with Crippen molar-refractivity contribution in [1.29, 1.82) is 0 Å². The minimum atomic E-state index is -0.0580. The number of carbonyl (C=O) groups is 2. The smallest absolute Gasteiger partial charge is 0.266 e. The number of thioether (sulfide) groups is 1. The topological polar surface area (TPSA) is 71.5 Å². The van der Waals surface area contributed by atoms with Crippen LogP contribution in [0.1, 0.15) is 31.2 Å². The molecule has 0 atom stereocenters. The van der Waals surface area contributed by atoms with Crippen LogP contribution in [-0.2, 0) is 9.59 Å². The fourth-order valence-corrected chi connectivity index (χ4v) is 4.60. The second-order valence-corrected chi connectivity index (χ2v) is 8.87. The molecule has 0 bridgehead atoms. The standard InChI is InChI=1S/C20H21N3O3S3/c1-26-15-8-6-14(7-9-15)13-16-18(25)23(20(27)29-16)11-4-2-3-5-17(24)22-19-21-10-12-28-19/h6-10,12-13H,2-5,11H2,1H3,(H,21,22,24). The van der Waals surface area contributed by atoms with E-state index in [1.165, 1.54) is 23.1 Å². The number of nitrogens with zero attached hydrogens (tertiary/aromatic N) is 2. The van der Waals surface area contributed by atoms with E-state index in [9.17, 15) is 9.59 Å². The molecular weight excluding hydrogens is 426 g/mol. The van der Waals surface area contributed by atoms with E-state index in [0.717, 1.165) is 30.6 Å². The predicted octanol–water partition coefficient (Wildman–Crippen LogP) is 4.55. The number of hydrogen-bond donors (Lipinski definition) is 1. The molecule has 0 unspecified atom stereocenters. The Morgan fingerprint density at radius 1 is 1.28 bits per heavy atom. The molecule has 1 N–H and O–H groups in total. The van der Waals surface area contributed by atoms with Crippen molar-refractivity contribution in [2.24, 2.45) is 0 Å². The lowest BCUT2D eigenvalue weighted by atomic mass is 10.1. The summed E-state index contributed by atoms with van der Waals surface area (Å²) in [5.41, 5.74) is 0.928. The summed E-state index contributed by atoms with van der Waals surface area (Å²) in [6, 6.07) is 7.53. The summed E-state index contributed by atoms with van der Waals surface area (Å²) in [4.78, 5) is 30.8. The maximum atomic E-state index is 12.6. The van der Waals surface area contributed by atoms with Crippen molar-refractivity contribution in [3.05, 3.63) is 46.3 Å². The van der Waals surface area contributed by atoms with Crippen LogP contribution in [0.3, 0.4) is 0 Å². The predicted molar refractivity (Wildman–Crippen MR) is 122 cm³/mol. The summed E-state index contributed by atoms with van der Waals surface area (Å²) in [6.45, 7) is 0.568. The summed E-state index contributed by atoms with van der Waals surface area (Å²) in [5.74, 6) is 0.681. The van der Waals surface area contributed by atoms with Gasteiger partial charge in [0.05, 0.1) is 12.0 Å². The largest absolute Gasteiger partial charge is 0.497 e. The molecule has 2 amide bonds. The van der Waals surface area contributed by atoms with E-state index in [-0.39, 0.29) is 11.8 Å². The Bertz CT molecular complexity index is 895. The minimum Gasteiger partial charge on any atom is -0.497 e. The van der Waals surface area contributed by atoms with Gasteiger partial charge in [0.2, 0.25) is 5.91 Å².